The fourth-order valence-corrected chi connectivity index (χ4v) is 3.04. The van der Waals surface area contributed by atoms with E-state index in [0.717, 1.165) is 17.0 Å². The van der Waals surface area contributed by atoms with E-state index >= 15 is 0 Å². The SMILES string of the molecule is CCOc1cc(CNc2ccc(OC)cc2)ccc1OCC(=O)Nc1ccccc1Cl. The normalized spacial score (nSPS) is 10.3. The Balaban J connectivity index is 1.60. The summed E-state index contributed by atoms with van der Waals surface area (Å²) in [7, 11) is 1.64. The van der Waals surface area contributed by atoms with E-state index in [2.05, 4.69) is 10.6 Å². The Hall–Kier alpha value is -3.38. The average molecular weight is 441 g/mol. The number of anilines is 2. The van der Waals surface area contributed by atoms with E-state index in [1.807, 2.05) is 43.3 Å². The summed E-state index contributed by atoms with van der Waals surface area (Å²) >= 11 is 6.07. The number of amides is 1. The summed E-state index contributed by atoms with van der Waals surface area (Å²) in [5.74, 6) is 1.59. The number of halogens is 1. The number of rotatable bonds is 10. The van der Waals surface area contributed by atoms with Crippen molar-refractivity contribution >= 4 is 28.9 Å². The first-order chi connectivity index (χ1) is 15.1. The molecule has 0 aliphatic heterocycles. The second-order valence-electron chi connectivity index (χ2n) is 6.61. The van der Waals surface area contributed by atoms with Crippen molar-refractivity contribution < 1.29 is 19.0 Å². The standard InChI is InChI=1S/C24H25ClN2O4/c1-3-30-23-14-17(15-26-18-9-11-19(29-2)12-10-18)8-13-22(23)31-16-24(28)27-21-7-5-4-6-20(21)25/h4-14,26H,3,15-16H2,1-2H3,(H,27,28). The van der Waals surface area contributed by atoms with Gasteiger partial charge in [-0.3, -0.25) is 4.79 Å². The van der Waals surface area contributed by atoms with E-state index in [4.69, 9.17) is 25.8 Å². The van der Waals surface area contributed by atoms with Crippen LogP contribution >= 0.6 is 11.6 Å². The number of benzene rings is 3. The number of para-hydroxylation sites is 1. The topological polar surface area (TPSA) is 68.8 Å². The van der Waals surface area contributed by atoms with Gasteiger partial charge in [0.15, 0.2) is 18.1 Å². The molecule has 1 amide bonds. The third-order valence-electron chi connectivity index (χ3n) is 4.40. The summed E-state index contributed by atoms with van der Waals surface area (Å²) in [6.45, 7) is 2.84. The number of nitrogens with one attached hydrogen (secondary N) is 2. The summed E-state index contributed by atoms with van der Waals surface area (Å²) in [6, 6.07) is 20.4. The van der Waals surface area contributed by atoms with Crippen LogP contribution in [-0.4, -0.2) is 26.2 Å². The van der Waals surface area contributed by atoms with E-state index in [1.54, 1.807) is 37.4 Å². The van der Waals surface area contributed by atoms with Gasteiger partial charge in [0.2, 0.25) is 0 Å². The third-order valence-corrected chi connectivity index (χ3v) is 4.73. The lowest BCUT2D eigenvalue weighted by molar-refractivity contribution is -0.118. The number of methoxy groups -OCH3 is 1. The Morgan fingerprint density at radius 2 is 1.74 bits per heavy atom. The van der Waals surface area contributed by atoms with Gasteiger partial charge in [0, 0.05) is 12.2 Å². The molecule has 3 aromatic rings. The van der Waals surface area contributed by atoms with Crippen LogP contribution in [-0.2, 0) is 11.3 Å². The van der Waals surface area contributed by atoms with Gasteiger partial charge in [0.05, 0.1) is 24.4 Å². The smallest absolute Gasteiger partial charge is 0.262 e. The van der Waals surface area contributed by atoms with Crippen molar-refractivity contribution in [2.75, 3.05) is 31.0 Å². The van der Waals surface area contributed by atoms with Gasteiger partial charge in [-0.25, -0.2) is 0 Å². The zero-order valence-corrected chi connectivity index (χ0v) is 18.2. The molecule has 0 aliphatic rings. The largest absolute Gasteiger partial charge is 0.497 e. The van der Waals surface area contributed by atoms with E-state index < -0.39 is 0 Å². The number of hydrogen-bond donors (Lipinski definition) is 2. The molecule has 3 rings (SSSR count). The molecule has 0 aliphatic carbocycles. The van der Waals surface area contributed by atoms with Crippen molar-refractivity contribution in [3.8, 4) is 17.2 Å². The first kappa shape index (κ1) is 22.3. The van der Waals surface area contributed by atoms with Crippen molar-refractivity contribution in [3.05, 3.63) is 77.3 Å². The van der Waals surface area contributed by atoms with Gasteiger partial charge >= 0.3 is 0 Å². The lowest BCUT2D eigenvalue weighted by Crippen LogP contribution is -2.20. The maximum absolute atomic E-state index is 12.2. The number of hydrogen-bond acceptors (Lipinski definition) is 5. The quantitative estimate of drug-likeness (QED) is 0.443. The van der Waals surface area contributed by atoms with Crippen molar-refractivity contribution in [1.29, 1.82) is 0 Å². The van der Waals surface area contributed by atoms with Crippen LogP contribution in [0.5, 0.6) is 17.2 Å². The van der Waals surface area contributed by atoms with Gasteiger partial charge in [-0.15, -0.1) is 0 Å². The second kappa shape index (κ2) is 11.1. The first-order valence-electron chi connectivity index (χ1n) is 9.90. The van der Waals surface area contributed by atoms with Crippen LogP contribution in [0.25, 0.3) is 0 Å². The van der Waals surface area contributed by atoms with Crippen LogP contribution in [0.1, 0.15) is 12.5 Å². The predicted octanol–water partition coefficient (Wildman–Crippen LogP) is 5.38. The van der Waals surface area contributed by atoms with Gasteiger partial charge in [0.1, 0.15) is 5.75 Å². The minimum Gasteiger partial charge on any atom is -0.497 e. The first-order valence-corrected chi connectivity index (χ1v) is 10.3. The Bertz CT molecular complexity index is 1010. The van der Waals surface area contributed by atoms with E-state index in [-0.39, 0.29) is 12.5 Å². The Morgan fingerprint density at radius 1 is 0.968 bits per heavy atom. The molecule has 162 valence electrons. The van der Waals surface area contributed by atoms with Crippen LogP contribution in [0.3, 0.4) is 0 Å². The number of carbonyl (C=O) groups is 1. The highest BCUT2D eigenvalue weighted by atomic mass is 35.5. The molecule has 0 saturated carbocycles. The van der Waals surface area contributed by atoms with Crippen molar-refractivity contribution in [2.45, 2.75) is 13.5 Å². The maximum atomic E-state index is 12.2. The molecule has 0 radical (unpaired) electrons. The molecule has 2 N–H and O–H groups in total. The van der Waals surface area contributed by atoms with Gasteiger partial charge < -0.3 is 24.8 Å². The van der Waals surface area contributed by atoms with Crippen LogP contribution in [0.2, 0.25) is 5.02 Å². The second-order valence-corrected chi connectivity index (χ2v) is 7.02. The van der Waals surface area contributed by atoms with Crippen LogP contribution in [0.4, 0.5) is 11.4 Å². The Morgan fingerprint density at radius 3 is 2.45 bits per heavy atom. The van der Waals surface area contributed by atoms with Crippen LogP contribution in [0, 0.1) is 0 Å². The van der Waals surface area contributed by atoms with E-state index in [1.165, 1.54) is 0 Å². The summed E-state index contributed by atoms with van der Waals surface area (Å²) in [5, 5.41) is 6.56. The summed E-state index contributed by atoms with van der Waals surface area (Å²) in [6.07, 6.45) is 0. The predicted molar refractivity (Wildman–Crippen MR) is 124 cm³/mol. The number of carbonyl (C=O) groups excluding carboxylic acids is 1. The lowest BCUT2D eigenvalue weighted by Gasteiger charge is -2.14. The molecule has 31 heavy (non-hydrogen) atoms. The summed E-state index contributed by atoms with van der Waals surface area (Å²) in [4.78, 5) is 12.2. The molecule has 7 heteroatoms. The van der Waals surface area contributed by atoms with E-state index in [9.17, 15) is 4.79 Å². The van der Waals surface area contributed by atoms with Crippen LogP contribution < -0.4 is 24.8 Å². The summed E-state index contributed by atoms with van der Waals surface area (Å²) in [5.41, 5.74) is 2.55. The minimum absolute atomic E-state index is 0.158. The molecule has 0 bridgehead atoms. The molecule has 0 unspecified atom stereocenters. The molecular weight excluding hydrogens is 416 g/mol. The number of ether oxygens (including phenoxy) is 3. The third kappa shape index (κ3) is 6.55. The fraction of sp³-hybridized carbons (Fsp3) is 0.208. The molecule has 0 fully saturated rings. The van der Waals surface area contributed by atoms with Crippen molar-refractivity contribution in [3.63, 3.8) is 0 Å². The molecule has 6 nitrogen and oxygen atoms in total. The average Bonchev–Trinajstić information content (AvgIpc) is 2.79. The van der Waals surface area contributed by atoms with Gasteiger partial charge in [-0.05, 0) is 61.0 Å². The zero-order chi connectivity index (χ0) is 22.1. The highest BCUT2D eigenvalue weighted by molar-refractivity contribution is 6.33. The molecule has 0 aromatic heterocycles. The monoisotopic (exact) mass is 440 g/mol. The molecule has 0 atom stereocenters. The molecule has 3 aromatic carbocycles. The zero-order valence-electron chi connectivity index (χ0n) is 17.5. The highest BCUT2D eigenvalue weighted by Crippen LogP contribution is 2.29. The summed E-state index contributed by atoms with van der Waals surface area (Å²) < 4.78 is 16.6. The lowest BCUT2D eigenvalue weighted by atomic mass is 10.2. The molecule has 0 spiro atoms. The molecule has 0 heterocycles. The molecule has 0 saturated heterocycles. The fourth-order valence-electron chi connectivity index (χ4n) is 2.86. The van der Waals surface area contributed by atoms with E-state index in [0.29, 0.717) is 35.4 Å². The van der Waals surface area contributed by atoms with Crippen molar-refractivity contribution in [2.24, 2.45) is 0 Å². The van der Waals surface area contributed by atoms with Crippen molar-refractivity contribution in [1.82, 2.24) is 0 Å². The van der Waals surface area contributed by atoms with Gasteiger partial charge in [-0.1, -0.05) is 29.8 Å². The highest BCUT2D eigenvalue weighted by Gasteiger charge is 2.11. The van der Waals surface area contributed by atoms with Gasteiger partial charge in [0.25, 0.3) is 5.91 Å². The maximum Gasteiger partial charge on any atom is 0.262 e. The van der Waals surface area contributed by atoms with Crippen LogP contribution in [0.15, 0.2) is 66.7 Å². The Labute approximate surface area is 187 Å². The minimum atomic E-state index is -0.305. The Kier molecular flexibility index (Phi) is 8.01. The molecular formula is C24H25ClN2O4. The van der Waals surface area contributed by atoms with Gasteiger partial charge in [-0.2, -0.15) is 0 Å².